The van der Waals surface area contributed by atoms with Crippen molar-refractivity contribution in [2.45, 2.75) is 85.0 Å². The van der Waals surface area contributed by atoms with Crippen LogP contribution in [0.15, 0.2) is 34.9 Å². The van der Waals surface area contributed by atoms with Gasteiger partial charge in [-0.3, -0.25) is 9.40 Å². The van der Waals surface area contributed by atoms with Crippen LogP contribution >= 0.6 is 7.60 Å². The Balaban J connectivity index is 2.67. The van der Waals surface area contributed by atoms with Gasteiger partial charge in [-0.25, -0.2) is 0 Å². The molecule has 7 nitrogen and oxygen atoms in total. The molecule has 2 N–H and O–H groups in total. The van der Waals surface area contributed by atoms with Crippen molar-refractivity contribution in [1.82, 2.24) is 5.06 Å². The third kappa shape index (κ3) is 13.8. The van der Waals surface area contributed by atoms with Gasteiger partial charge in [-0.15, -0.1) is 0 Å². The van der Waals surface area contributed by atoms with Crippen LogP contribution in [-0.2, 0) is 18.9 Å². The van der Waals surface area contributed by atoms with Crippen molar-refractivity contribution >= 4 is 13.9 Å². The van der Waals surface area contributed by atoms with E-state index in [1.54, 1.807) is 0 Å². The summed E-state index contributed by atoms with van der Waals surface area (Å²) in [6.07, 6.45) is 12.4. The second-order valence-corrected chi connectivity index (χ2v) is 10.2. The fraction of sp³-hybridized carbons (Fsp3) is 0.696. The SMILES string of the molecule is CC(C)=CCCC(C)=CCCC(C)=CCN(OC1CCCCO1)C(C=O)CP(=O)(O)O. The van der Waals surface area contributed by atoms with Gasteiger partial charge in [0, 0.05) is 19.6 Å². The summed E-state index contributed by atoms with van der Waals surface area (Å²) in [5.74, 6) is 0. The number of rotatable bonds is 14. The lowest BCUT2D eigenvalue weighted by Crippen LogP contribution is -2.43. The molecule has 1 heterocycles. The van der Waals surface area contributed by atoms with Gasteiger partial charge in [0.25, 0.3) is 0 Å². The molecule has 1 fully saturated rings. The molecule has 1 rings (SSSR count). The van der Waals surface area contributed by atoms with Gasteiger partial charge in [0.2, 0.25) is 0 Å². The van der Waals surface area contributed by atoms with Gasteiger partial charge in [0.05, 0.1) is 6.16 Å². The molecular weight excluding hydrogens is 417 g/mol. The Labute approximate surface area is 187 Å². The molecule has 0 radical (unpaired) electrons. The first-order chi connectivity index (χ1) is 14.6. The number of nitrogens with zero attached hydrogens (tertiary/aromatic N) is 1. The number of hydroxylamine groups is 2. The highest BCUT2D eigenvalue weighted by Gasteiger charge is 2.29. The third-order valence-electron chi connectivity index (χ3n) is 5.09. The lowest BCUT2D eigenvalue weighted by Gasteiger charge is -2.32. The summed E-state index contributed by atoms with van der Waals surface area (Å²) in [4.78, 5) is 36.0. The van der Waals surface area contributed by atoms with Crippen LogP contribution < -0.4 is 0 Å². The molecule has 2 atom stereocenters. The van der Waals surface area contributed by atoms with E-state index in [1.165, 1.54) is 16.2 Å². The van der Waals surface area contributed by atoms with Crippen LogP contribution in [0.3, 0.4) is 0 Å². The molecule has 2 unspecified atom stereocenters. The van der Waals surface area contributed by atoms with E-state index in [-0.39, 0.29) is 6.54 Å². The topological polar surface area (TPSA) is 96.3 Å². The average Bonchev–Trinajstić information content (AvgIpc) is 2.69. The Kier molecular flexibility index (Phi) is 13.4. The largest absolute Gasteiger partial charge is 0.351 e. The smallest absolute Gasteiger partial charge is 0.327 e. The van der Waals surface area contributed by atoms with E-state index in [2.05, 4.69) is 32.9 Å². The zero-order chi connectivity index (χ0) is 23.3. The zero-order valence-corrected chi connectivity index (χ0v) is 20.4. The number of aldehydes is 1. The molecule has 0 aliphatic carbocycles. The molecular formula is C23H40NO6P. The van der Waals surface area contributed by atoms with Gasteiger partial charge in [-0.1, -0.05) is 34.9 Å². The molecule has 8 heteroatoms. The summed E-state index contributed by atoms with van der Waals surface area (Å²) in [7, 11) is -4.36. The second-order valence-electron chi connectivity index (χ2n) is 8.51. The summed E-state index contributed by atoms with van der Waals surface area (Å²) in [5.41, 5.74) is 3.84. The van der Waals surface area contributed by atoms with Crippen LogP contribution in [0.4, 0.5) is 0 Å². The van der Waals surface area contributed by atoms with Crippen molar-refractivity contribution in [3.63, 3.8) is 0 Å². The van der Waals surface area contributed by atoms with Crippen molar-refractivity contribution in [1.29, 1.82) is 0 Å². The first kappa shape index (κ1) is 28.0. The predicted molar refractivity (Wildman–Crippen MR) is 124 cm³/mol. The highest BCUT2D eigenvalue weighted by molar-refractivity contribution is 7.51. The Hall–Kier alpha value is -1.08. The van der Waals surface area contributed by atoms with Gasteiger partial charge >= 0.3 is 7.60 Å². The van der Waals surface area contributed by atoms with Crippen molar-refractivity contribution in [2.75, 3.05) is 19.3 Å². The Morgan fingerprint density at radius 3 is 2.29 bits per heavy atom. The molecule has 1 aliphatic heterocycles. The predicted octanol–water partition coefficient (Wildman–Crippen LogP) is 4.91. The summed E-state index contributed by atoms with van der Waals surface area (Å²) >= 11 is 0. The van der Waals surface area contributed by atoms with E-state index in [9.17, 15) is 19.1 Å². The van der Waals surface area contributed by atoms with Crippen molar-refractivity contribution in [3.05, 3.63) is 34.9 Å². The maximum Gasteiger partial charge on any atom is 0.327 e. The third-order valence-corrected chi connectivity index (χ3v) is 5.93. The van der Waals surface area contributed by atoms with Crippen LogP contribution in [0.25, 0.3) is 0 Å². The molecule has 1 saturated heterocycles. The second kappa shape index (κ2) is 14.9. The zero-order valence-electron chi connectivity index (χ0n) is 19.5. The van der Waals surface area contributed by atoms with Crippen molar-refractivity contribution in [3.8, 4) is 0 Å². The van der Waals surface area contributed by atoms with Gasteiger partial charge in [0.1, 0.15) is 12.3 Å². The number of carbonyl (C=O) groups is 1. The molecule has 0 aromatic rings. The highest BCUT2D eigenvalue weighted by atomic mass is 31.2. The minimum atomic E-state index is -4.36. The summed E-state index contributed by atoms with van der Waals surface area (Å²) in [6, 6.07) is -1.03. The summed E-state index contributed by atoms with van der Waals surface area (Å²) in [6.45, 7) is 9.22. The number of allylic oxidation sites excluding steroid dienone is 5. The van der Waals surface area contributed by atoms with E-state index in [4.69, 9.17) is 9.57 Å². The van der Waals surface area contributed by atoms with Crippen molar-refractivity contribution < 1.29 is 28.7 Å². The lowest BCUT2D eigenvalue weighted by molar-refractivity contribution is -0.293. The quantitative estimate of drug-likeness (QED) is 0.166. The van der Waals surface area contributed by atoms with Gasteiger partial charge < -0.3 is 19.3 Å². The van der Waals surface area contributed by atoms with Crippen LogP contribution in [0, 0.1) is 0 Å². The molecule has 0 bridgehead atoms. The van der Waals surface area contributed by atoms with E-state index >= 15 is 0 Å². The molecule has 0 aromatic heterocycles. The van der Waals surface area contributed by atoms with Crippen LogP contribution in [-0.4, -0.2) is 52.8 Å². The Bertz CT molecular complexity index is 672. The van der Waals surface area contributed by atoms with Crippen molar-refractivity contribution in [2.24, 2.45) is 0 Å². The van der Waals surface area contributed by atoms with Crippen LogP contribution in [0.5, 0.6) is 0 Å². The van der Waals surface area contributed by atoms with Crippen LogP contribution in [0.2, 0.25) is 0 Å². The fourth-order valence-corrected chi connectivity index (χ4v) is 3.99. The number of hydrogen-bond acceptors (Lipinski definition) is 5. The monoisotopic (exact) mass is 457 g/mol. The molecule has 0 saturated carbocycles. The Morgan fingerprint density at radius 1 is 1.10 bits per heavy atom. The van der Waals surface area contributed by atoms with E-state index in [0.717, 1.165) is 44.1 Å². The van der Waals surface area contributed by atoms with E-state index in [1.807, 2.05) is 13.0 Å². The van der Waals surface area contributed by atoms with Gasteiger partial charge in [-0.05, 0) is 66.2 Å². The number of carbonyl (C=O) groups excluding carboxylic acids is 1. The number of ether oxygens (including phenoxy) is 1. The molecule has 31 heavy (non-hydrogen) atoms. The Morgan fingerprint density at radius 2 is 1.74 bits per heavy atom. The minimum Gasteiger partial charge on any atom is -0.351 e. The first-order valence-corrected chi connectivity index (χ1v) is 12.9. The van der Waals surface area contributed by atoms with Crippen LogP contribution in [0.1, 0.15) is 72.6 Å². The lowest BCUT2D eigenvalue weighted by atomic mass is 10.1. The number of hydrogen-bond donors (Lipinski definition) is 2. The maximum absolute atomic E-state index is 11.5. The molecule has 0 amide bonds. The summed E-state index contributed by atoms with van der Waals surface area (Å²) in [5, 5.41) is 1.35. The van der Waals surface area contributed by atoms with Gasteiger partial charge in [-0.2, -0.15) is 5.06 Å². The molecule has 1 aliphatic rings. The first-order valence-electron chi connectivity index (χ1n) is 11.1. The average molecular weight is 458 g/mol. The highest BCUT2D eigenvalue weighted by Crippen LogP contribution is 2.36. The normalized spacial score (nSPS) is 19.4. The van der Waals surface area contributed by atoms with Gasteiger partial charge in [0.15, 0.2) is 6.29 Å². The molecule has 178 valence electrons. The maximum atomic E-state index is 11.5. The molecule has 0 aromatic carbocycles. The standard InChI is InChI=1S/C23H40NO6P/c1-19(2)9-7-10-20(3)11-8-12-21(4)14-15-24(22(17-25)18-31(26,27)28)30-23-13-5-6-16-29-23/h9,11,14,17,22-23H,5-8,10,12-13,15-16,18H2,1-4H3,(H2,26,27,28). The minimum absolute atomic E-state index is 0.262. The van der Waals surface area contributed by atoms with E-state index in [0.29, 0.717) is 19.3 Å². The molecule has 0 spiro atoms. The van der Waals surface area contributed by atoms with E-state index < -0.39 is 26.1 Å². The fourth-order valence-electron chi connectivity index (χ4n) is 3.23. The summed E-state index contributed by atoms with van der Waals surface area (Å²) < 4.78 is 17.0.